The number of aryl methyl sites for hydroxylation is 2. The molecule has 0 atom stereocenters. The van der Waals surface area contributed by atoms with Gasteiger partial charge in [0.1, 0.15) is 5.82 Å². The molecule has 2 aromatic rings. The molecular formula is C16H23N3. The fourth-order valence-electron chi connectivity index (χ4n) is 2.31. The summed E-state index contributed by atoms with van der Waals surface area (Å²) in [5, 5.41) is 0. The van der Waals surface area contributed by atoms with Crippen LogP contribution in [0.2, 0.25) is 0 Å². The third-order valence-corrected chi connectivity index (χ3v) is 3.35. The Kier molecular flexibility index (Phi) is 5.16. The molecule has 1 aromatic carbocycles. The smallest absolute Gasteiger partial charge is 0.106 e. The molecule has 2 rings (SSSR count). The summed E-state index contributed by atoms with van der Waals surface area (Å²) >= 11 is 0. The number of aromatic amines is 1. The summed E-state index contributed by atoms with van der Waals surface area (Å²) in [7, 11) is 0. The molecule has 3 heteroatoms. The van der Waals surface area contributed by atoms with Crippen molar-refractivity contribution in [2.45, 2.75) is 39.0 Å². The predicted molar refractivity (Wildman–Crippen MR) is 80.0 cm³/mol. The second-order valence-electron chi connectivity index (χ2n) is 4.98. The van der Waals surface area contributed by atoms with Gasteiger partial charge in [-0.05, 0) is 26.3 Å². The molecule has 1 aromatic heterocycles. The highest BCUT2D eigenvalue weighted by molar-refractivity contribution is 5.61. The average molecular weight is 257 g/mol. The van der Waals surface area contributed by atoms with Gasteiger partial charge in [-0.15, -0.1) is 0 Å². The monoisotopic (exact) mass is 257 g/mol. The Bertz CT molecular complexity index is 488. The number of nitrogens with two attached hydrogens (primary N) is 1. The van der Waals surface area contributed by atoms with E-state index in [-0.39, 0.29) is 0 Å². The Labute approximate surface area is 115 Å². The van der Waals surface area contributed by atoms with Crippen molar-refractivity contribution >= 4 is 0 Å². The van der Waals surface area contributed by atoms with Crippen LogP contribution < -0.4 is 5.73 Å². The van der Waals surface area contributed by atoms with E-state index in [1.165, 1.54) is 24.8 Å². The summed E-state index contributed by atoms with van der Waals surface area (Å²) in [6.07, 6.45) is 5.80. The minimum atomic E-state index is 0.804. The zero-order valence-corrected chi connectivity index (χ0v) is 11.7. The largest absolute Gasteiger partial charge is 0.346 e. The summed E-state index contributed by atoms with van der Waals surface area (Å²) in [5.41, 5.74) is 8.91. The van der Waals surface area contributed by atoms with Gasteiger partial charge >= 0.3 is 0 Å². The lowest BCUT2D eigenvalue weighted by Crippen LogP contribution is -1.98. The molecule has 3 N–H and O–H groups in total. The Morgan fingerprint density at radius 3 is 2.53 bits per heavy atom. The first-order valence-electron chi connectivity index (χ1n) is 7.12. The number of nitrogens with one attached hydrogen (secondary N) is 1. The van der Waals surface area contributed by atoms with Gasteiger partial charge in [0, 0.05) is 17.7 Å². The van der Waals surface area contributed by atoms with Crippen molar-refractivity contribution in [2.24, 2.45) is 5.73 Å². The first-order chi connectivity index (χ1) is 9.31. The van der Waals surface area contributed by atoms with Gasteiger partial charge in [0.05, 0.1) is 5.69 Å². The number of unbranched alkanes of at least 4 members (excludes halogenated alkanes) is 3. The molecule has 3 nitrogen and oxygen atoms in total. The van der Waals surface area contributed by atoms with E-state index in [1.54, 1.807) is 0 Å². The van der Waals surface area contributed by atoms with E-state index < -0.39 is 0 Å². The third-order valence-electron chi connectivity index (χ3n) is 3.35. The van der Waals surface area contributed by atoms with Gasteiger partial charge in [-0.1, -0.05) is 43.2 Å². The van der Waals surface area contributed by atoms with Gasteiger partial charge in [-0.2, -0.15) is 0 Å². The molecule has 0 amide bonds. The van der Waals surface area contributed by atoms with E-state index in [0.717, 1.165) is 36.6 Å². The standard InChI is InChI=1S/C16H23N3/c1-13-16(14-9-5-4-6-10-14)19-15(18-13)11-7-2-3-8-12-17/h4-6,9-10H,2-3,7-8,11-12,17H2,1H3,(H,18,19). The first-order valence-corrected chi connectivity index (χ1v) is 7.12. The maximum Gasteiger partial charge on any atom is 0.106 e. The zero-order valence-electron chi connectivity index (χ0n) is 11.7. The predicted octanol–water partition coefficient (Wildman–Crippen LogP) is 3.45. The molecule has 0 unspecified atom stereocenters. The van der Waals surface area contributed by atoms with Crippen LogP contribution in [0.3, 0.4) is 0 Å². The molecule has 19 heavy (non-hydrogen) atoms. The van der Waals surface area contributed by atoms with Crippen molar-refractivity contribution in [2.75, 3.05) is 6.54 Å². The molecular weight excluding hydrogens is 234 g/mol. The Morgan fingerprint density at radius 1 is 1.05 bits per heavy atom. The molecule has 0 saturated heterocycles. The van der Waals surface area contributed by atoms with Crippen molar-refractivity contribution in [3.05, 3.63) is 41.9 Å². The van der Waals surface area contributed by atoms with Crippen LogP contribution in [0.5, 0.6) is 0 Å². The summed E-state index contributed by atoms with van der Waals surface area (Å²) in [5.74, 6) is 1.10. The summed E-state index contributed by atoms with van der Waals surface area (Å²) in [4.78, 5) is 8.12. The van der Waals surface area contributed by atoms with Gasteiger partial charge in [0.2, 0.25) is 0 Å². The normalized spacial score (nSPS) is 10.8. The van der Waals surface area contributed by atoms with E-state index in [1.807, 2.05) is 6.07 Å². The number of nitrogens with zero attached hydrogens (tertiary/aromatic N) is 1. The maximum atomic E-state index is 5.49. The van der Waals surface area contributed by atoms with E-state index in [4.69, 9.17) is 10.7 Å². The van der Waals surface area contributed by atoms with Crippen molar-refractivity contribution in [3.63, 3.8) is 0 Å². The van der Waals surface area contributed by atoms with E-state index in [0.29, 0.717) is 0 Å². The molecule has 0 aliphatic heterocycles. The molecule has 0 aliphatic carbocycles. The Morgan fingerprint density at radius 2 is 1.79 bits per heavy atom. The molecule has 0 saturated carbocycles. The number of hydrogen-bond acceptors (Lipinski definition) is 2. The van der Waals surface area contributed by atoms with Gasteiger partial charge in [0.25, 0.3) is 0 Å². The lowest BCUT2D eigenvalue weighted by molar-refractivity contribution is 0.637. The maximum absolute atomic E-state index is 5.49. The number of rotatable bonds is 7. The fourth-order valence-corrected chi connectivity index (χ4v) is 2.31. The lowest BCUT2D eigenvalue weighted by atomic mass is 10.1. The molecule has 0 aliphatic rings. The highest BCUT2D eigenvalue weighted by Crippen LogP contribution is 2.21. The summed E-state index contributed by atoms with van der Waals surface area (Å²) in [6, 6.07) is 10.3. The van der Waals surface area contributed by atoms with E-state index in [9.17, 15) is 0 Å². The van der Waals surface area contributed by atoms with Gasteiger partial charge in [0.15, 0.2) is 0 Å². The van der Waals surface area contributed by atoms with Crippen molar-refractivity contribution in [3.8, 4) is 11.3 Å². The number of hydrogen-bond donors (Lipinski definition) is 2. The SMILES string of the molecule is Cc1[nH]c(CCCCCCN)nc1-c1ccccc1. The van der Waals surface area contributed by atoms with Crippen LogP contribution in [0, 0.1) is 6.92 Å². The van der Waals surface area contributed by atoms with Crippen LogP contribution in [0.1, 0.15) is 37.2 Å². The quantitative estimate of drug-likeness (QED) is 0.746. The minimum absolute atomic E-state index is 0.804. The second-order valence-corrected chi connectivity index (χ2v) is 4.98. The van der Waals surface area contributed by atoms with Crippen molar-refractivity contribution in [1.29, 1.82) is 0 Å². The van der Waals surface area contributed by atoms with E-state index in [2.05, 4.69) is 36.2 Å². The lowest BCUT2D eigenvalue weighted by Gasteiger charge is -1.98. The van der Waals surface area contributed by atoms with Crippen LogP contribution in [-0.2, 0) is 6.42 Å². The van der Waals surface area contributed by atoms with Gasteiger partial charge in [-0.3, -0.25) is 0 Å². The molecule has 0 fully saturated rings. The van der Waals surface area contributed by atoms with Crippen LogP contribution in [0.25, 0.3) is 11.3 Å². The number of imidazole rings is 1. The van der Waals surface area contributed by atoms with Crippen LogP contribution in [0.4, 0.5) is 0 Å². The first kappa shape index (κ1) is 13.8. The van der Waals surface area contributed by atoms with Gasteiger partial charge < -0.3 is 10.7 Å². The van der Waals surface area contributed by atoms with Crippen molar-refractivity contribution < 1.29 is 0 Å². The highest BCUT2D eigenvalue weighted by Gasteiger charge is 2.08. The van der Waals surface area contributed by atoms with Crippen LogP contribution in [0.15, 0.2) is 30.3 Å². The fraction of sp³-hybridized carbons (Fsp3) is 0.438. The number of H-pyrrole nitrogens is 1. The molecule has 0 spiro atoms. The molecule has 102 valence electrons. The molecule has 1 heterocycles. The van der Waals surface area contributed by atoms with Crippen LogP contribution >= 0.6 is 0 Å². The third kappa shape index (κ3) is 3.93. The zero-order chi connectivity index (χ0) is 13.5. The molecule has 0 radical (unpaired) electrons. The Hall–Kier alpha value is -1.61. The molecule has 0 bridgehead atoms. The summed E-state index contributed by atoms with van der Waals surface area (Å²) in [6.45, 7) is 2.89. The number of benzene rings is 1. The minimum Gasteiger partial charge on any atom is -0.346 e. The van der Waals surface area contributed by atoms with Crippen molar-refractivity contribution in [1.82, 2.24) is 9.97 Å². The second kappa shape index (κ2) is 7.10. The van der Waals surface area contributed by atoms with Gasteiger partial charge in [-0.25, -0.2) is 4.98 Å². The number of aromatic nitrogens is 2. The van der Waals surface area contributed by atoms with Crippen LogP contribution in [-0.4, -0.2) is 16.5 Å². The summed E-state index contributed by atoms with van der Waals surface area (Å²) < 4.78 is 0. The average Bonchev–Trinajstić information content (AvgIpc) is 2.81. The highest BCUT2D eigenvalue weighted by atomic mass is 14.9. The van der Waals surface area contributed by atoms with E-state index >= 15 is 0 Å². The Balaban J connectivity index is 1.94. The topological polar surface area (TPSA) is 54.7 Å².